The summed E-state index contributed by atoms with van der Waals surface area (Å²) >= 11 is 1.23. The fourth-order valence-corrected chi connectivity index (χ4v) is 4.46. The molecule has 8 nitrogen and oxygen atoms in total. The van der Waals surface area contributed by atoms with Crippen LogP contribution in [0.1, 0.15) is 53.0 Å². The van der Waals surface area contributed by atoms with Gasteiger partial charge >= 0.3 is 6.09 Å². The van der Waals surface area contributed by atoms with Crippen molar-refractivity contribution in [1.29, 1.82) is 0 Å². The first kappa shape index (κ1) is 20.7. The second-order valence-corrected chi connectivity index (χ2v) is 9.79. The number of carbonyl (C=O) groups is 3. The Morgan fingerprint density at radius 1 is 1.25 bits per heavy atom. The van der Waals surface area contributed by atoms with Gasteiger partial charge in [0.05, 0.1) is 17.9 Å². The van der Waals surface area contributed by atoms with Gasteiger partial charge in [-0.25, -0.2) is 4.79 Å². The molecular weight excluding hydrogens is 380 g/mol. The van der Waals surface area contributed by atoms with E-state index in [9.17, 15) is 14.4 Å². The van der Waals surface area contributed by atoms with Crippen LogP contribution in [0, 0.1) is 0 Å². The molecule has 0 aliphatic carbocycles. The maximum absolute atomic E-state index is 12.3. The number of rotatable bonds is 3. The third kappa shape index (κ3) is 5.06. The molecule has 1 atom stereocenters. The molecule has 2 fully saturated rings. The quantitative estimate of drug-likeness (QED) is 0.765. The molecule has 154 valence electrons. The Bertz CT molecular complexity index is 749. The lowest BCUT2D eigenvalue weighted by atomic mass is 10.1. The van der Waals surface area contributed by atoms with Gasteiger partial charge < -0.3 is 14.5 Å². The van der Waals surface area contributed by atoms with Gasteiger partial charge in [-0.1, -0.05) is 11.8 Å². The van der Waals surface area contributed by atoms with E-state index in [-0.39, 0.29) is 28.4 Å². The van der Waals surface area contributed by atoms with Gasteiger partial charge in [0, 0.05) is 44.4 Å². The minimum Gasteiger partial charge on any atom is -0.444 e. The van der Waals surface area contributed by atoms with Gasteiger partial charge in [-0.2, -0.15) is 5.10 Å². The lowest BCUT2D eigenvalue weighted by Crippen LogP contribution is -2.42. The smallest absolute Gasteiger partial charge is 0.410 e. The first-order chi connectivity index (χ1) is 13.1. The summed E-state index contributed by atoms with van der Waals surface area (Å²) in [5.41, 5.74) is 0.275. The molecule has 0 spiro atoms. The van der Waals surface area contributed by atoms with Crippen LogP contribution < -0.4 is 4.90 Å². The van der Waals surface area contributed by atoms with Crippen LogP contribution in [-0.4, -0.2) is 62.3 Å². The van der Waals surface area contributed by atoms with E-state index >= 15 is 0 Å². The highest BCUT2D eigenvalue weighted by Crippen LogP contribution is 2.30. The van der Waals surface area contributed by atoms with Gasteiger partial charge in [0.2, 0.25) is 5.91 Å². The van der Waals surface area contributed by atoms with Crippen LogP contribution in [0.25, 0.3) is 0 Å². The number of ether oxygens (including phenoxy) is 1. The molecule has 0 saturated carbocycles. The molecule has 28 heavy (non-hydrogen) atoms. The highest BCUT2D eigenvalue weighted by molar-refractivity contribution is 8.14. The molecule has 1 unspecified atom stereocenters. The standard InChI is InChI=1S/C19H28N4O4S/c1-13(24)28-16-9-17(25)22(12-16)15-10-20-23(11-15)14-5-7-21(8-6-14)18(26)27-19(2,3)4/h10-11,14,16H,5-9,12H2,1-4H3. The predicted molar refractivity (Wildman–Crippen MR) is 107 cm³/mol. The van der Waals surface area contributed by atoms with Crippen molar-refractivity contribution in [3.05, 3.63) is 12.4 Å². The van der Waals surface area contributed by atoms with Crippen molar-refractivity contribution in [1.82, 2.24) is 14.7 Å². The third-order valence-electron chi connectivity index (χ3n) is 4.81. The number of thioether (sulfide) groups is 1. The second-order valence-electron chi connectivity index (χ2n) is 8.32. The van der Waals surface area contributed by atoms with Crippen LogP contribution in [0.3, 0.4) is 0 Å². The fourth-order valence-electron chi connectivity index (χ4n) is 3.54. The van der Waals surface area contributed by atoms with Crippen molar-refractivity contribution in [3.63, 3.8) is 0 Å². The van der Waals surface area contributed by atoms with Crippen molar-refractivity contribution in [2.24, 2.45) is 0 Å². The Hall–Kier alpha value is -2.03. The number of piperidine rings is 1. The van der Waals surface area contributed by atoms with Crippen molar-refractivity contribution in [2.45, 2.75) is 63.9 Å². The van der Waals surface area contributed by atoms with E-state index in [0.29, 0.717) is 26.1 Å². The van der Waals surface area contributed by atoms with Gasteiger partial charge in [0.1, 0.15) is 5.60 Å². The Morgan fingerprint density at radius 2 is 1.93 bits per heavy atom. The first-order valence-electron chi connectivity index (χ1n) is 9.62. The number of anilines is 1. The number of carbonyl (C=O) groups excluding carboxylic acids is 3. The minimum atomic E-state index is -0.494. The van der Waals surface area contributed by atoms with Crippen molar-refractivity contribution >= 4 is 34.6 Å². The molecule has 1 aromatic heterocycles. The normalized spacial score (nSPS) is 21.3. The summed E-state index contributed by atoms with van der Waals surface area (Å²) in [7, 11) is 0. The zero-order chi connectivity index (χ0) is 20.5. The summed E-state index contributed by atoms with van der Waals surface area (Å²) in [6.45, 7) is 8.89. The highest BCUT2D eigenvalue weighted by atomic mass is 32.2. The van der Waals surface area contributed by atoms with E-state index in [4.69, 9.17) is 4.74 Å². The molecule has 3 rings (SSSR count). The summed E-state index contributed by atoms with van der Waals surface area (Å²) < 4.78 is 7.32. The number of hydrogen-bond acceptors (Lipinski definition) is 6. The summed E-state index contributed by atoms with van der Waals surface area (Å²) in [4.78, 5) is 39.2. The lowest BCUT2D eigenvalue weighted by molar-refractivity contribution is -0.117. The molecular formula is C19H28N4O4S. The summed E-state index contributed by atoms with van der Waals surface area (Å²) in [5, 5.41) is 4.49. The first-order valence-corrected chi connectivity index (χ1v) is 10.5. The molecule has 0 radical (unpaired) electrons. The van der Waals surface area contributed by atoms with Crippen LogP contribution in [0.2, 0.25) is 0 Å². The average molecular weight is 409 g/mol. The largest absolute Gasteiger partial charge is 0.444 e. The van der Waals surface area contributed by atoms with Gasteiger partial charge in [-0.15, -0.1) is 0 Å². The van der Waals surface area contributed by atoms with E-state index in [1.54, 1.807) is 16.0 Å². The van der Waals surface area contributed by atoms with E-state index in [1.807, 2.05) is 31.6 Å². The van der Waals surface area contributed by atoms with Crippen LogP contribution >= 0.6 is 11.8 Å². The molecule has 2 aliphatic rings. The summed E-state index contributed by atoms with van der Waals surface area (Å²) in [5.74, 6) is 0.0260. The number of likely N-dealkylation sites (tertiary alicyclic amines) is 1. The van der Waals surface area contributed by atoms with Gasteiger partial charge in [0.25, 0.3) is 0 Å². The van der Waals surface area contributed by atoms with Crippen molar-refractivity contribution in [3.8, 4) is 0 Å². The fraction of sp³-hybridized carbons (Fsp3) is 0.684. The van der Waals surface area contributed by atoms with E-state index < -0.39 is 5.60 Å². The average Bonchev–Trinajstić information content (AvgIpc) is 3.19. The van der Waals surface area contributed by atoms with Crippen LogP contribution in [0.5, 0.6) is 0 Å². The highest BCUT2D eigenvalue weighted by Gasteiger charge is 2.33. The number of aromatic nitrogens is 2. The minimum absolute atomic E-state index is 0.00502. The molecule has 0 aromatic carbocycles. The number of hydrogen-bond donors (Lipinski definition) is 0. The lowest BCUT2D eigenvalue weighted by Gasteiger charge is -2.33. The molecule has 0 bridgehead atoms. The Kier molecular flexibility index (Phi) is 6.02. The van der Waals surface area contributed by atoms with Gasteiger partial charge in [-0.3, -0.25) is 14.3 Å². The molecule has 2 aliphatic heterocycles. The van der Waals surface area contributed by atoms with Crippen LogP contribution in [-0.2, 0) is 14.3 Å². The molecule has 3 heterocycles. The topological polar surface area (TPSA) is 84.7 Å². The Labute approximate surface area is 169 Å². The van der Waals surface area contributed by atoms with Gasteiger partial charge in [-0.05, 0) is 33.6 Å². The number of amides is 2. The predicted octanol–water partition coefficient (Wildman–Crippen LogP) is 2.84. The molecule has 1 aromatic rings. The van der Waals surface area contributed by atoms with Crippen LogP contribution in [0.15, 0.2) is 12.4 Å². The second kappa shape index (κ2) is 8.14. The zero-order valence-corrected chi connectivity index (χ0v) is 17.7. The van der Waals surface area contributed by atoms with Crippen LogP contribution in [0.4, 0.5) is 10.5 Å². The maximum atomic E-state index is 12.3. The SMILES string of the molecule is CC(=O)SC1CC(=O)N(c2cnn(C3CCN(C(=O)OC(C)(C)C)CC3)c2)C1. The molecule has 2 saturated heterocycles. The summed E-state index contributed by atoms with van der Waals surface area (Å²) in [6.07, 6.45) is 5.28. The Balaban J connectivity index is 1.56. The summed E-state index contributed by atoms with van der Waals surface area (Å²) in [6, 6.07) is 0.188. The van der Waals surface area contributed by atoms with Crippen molar-refractivity contribution in [2.75, 3.05) is 24.5 Å². The third-order valence-corrected chi connectivity index (χ3v) is 5.79. The molecule has 9 heteroatoms. The molecule has 2 amide bonds. The van der Waals surface area contributed by atoms with Gasteiger partial charge in [0.15, 0.2) is 5.12 Å². The zero-order valence-electron chi connectivity index (χ0n) is 16.9. The maximum Gasteiger partial charge on any atom is 0.410 e. The molecule has 0 N–H and O–H groups in total. The number of nitrogens with zero attached hydrogens (tertiary/aromatic N) is 4. The monoisotopic (exact) mass is 408 g/mol. The Morgan fingerprint density at radius 3 is 2.54 bits per heavy atom. The van der Waals surface area contributed by atoms with E-state index in [2.05, 4.69) is 5.10 Å². The van der Waals surface area contributed by atoms with Crippen molar-refractivity contribution < 1.29 is 19.1 Å². The van der Waals surface area contributed by atoms with E-state index in [1.165, 1.54) is 18.7 Å². The van der Waals surface area contributed by atoms with E-state index in [0.717, 1.165) is 18.5 Å².